The van der Waals surface area contributed by atoms with Gasteiger partial charge in [-0.25, -0.2) is 0 Å². The number of ether oxygens (including phenoxy) is 2. The number of carbonyl (C=O) groups is 4. The van der Waals surface area contributed by atoms with Crippen LogP contribution in [0.3, 0.4) is 0 Å². The molecule has 0 saturated carbocycles. The highest BCUT2D eigenvalue weighted by atomic mass is 16.5. The Morgan fingerprint density at radius 1 is 0.786 bits per heavy atom. The smallest absolute Gasteiger partial charge is 0.262 e. The van der Waals surface area contributed by atoms with Gasteiger partial charge in [0.1, 0.15) is 11.8 Å². The van der Waals surface area contributed by atoms with E-state index < -0.39 is 29.7 Å². The van der Waals surface area contributed by atoms with Gasteiger partial charge in [-0.05, 0) is 94.3 Å². The molecule has 5 aliphatic rings. The van der Waals surface area contributed by atoms with E-state index in [4.69, 9.17) is 9.47 Å². The third-order valence-electron chi connectivity index (χ3n) is 12.7. The van der Waals surface area contributed by atoms with E-state index in [0.717, 1.165) is 82.8 Å². The first-order valence-electron chi connectivity index (χ1n) is 20.5. The van der Waals surface area contributed by atoms with Crippen molar-refractivity contribution in [3.63, 3.8) is 0 Å². The largest absolute Gasteiger partial charge is 0.494 e. The summed E-state index contributed by atoms with van der Waals surface area (Å²) in [6.07, 6.45) is 12.4. The summed E-state index contributed by atoms with van der Waals surface area (Å²) < 4.78 is 14.8. The highest BCUT2D eigenvalue weighted by Crippen LogP contribution is 2.34. The number of anilines is 1. The molecule has 56 heavy (non-hydrogen) atoms. The first-order chi connectivity index (χ1) is 27.3. The van der Waals surface area contributed by atoms with Gasteiger partial charge in [0.15, 0.2) is 0 Å². The quantitative estimate of drug-likeness (QED) is 0.163. The SMILES string of the molecule is Cn1c2ccncc2c2ccc(N3CCC(N4CC(OC5CCN(CCCCCOc6ccc7c(c6)C(=O)N(C6CCC(=O)NC6=O)C7=O)CC5)C4)CC3)cc21. The number of hydrogen-bond donors (Lipinski definition) is 1. The molecule has 2 aromatic heterocycles. The Balaban J connectivity index is 0.639. The number of aromatic nitrogens is 2. The minimum absolute atomic E-state index is 0.0943. The average molecular weight is 762 g/mol. The van der Waals surface area contributed by atoms with Crippen molar-refractivity contribution in [2.75, 3.05) is 57.3 Å². The van der Waals surface area contributed by atoms with Gasteiger partial charge in [0.05, 0.1) is 41.0 Å². The number of piperidine rings is 3. The van der Waals surface area contributed by atoms with Crippen LogP contribution >= 0.6 is 0 Å². The fraction of sp³-hybridized carbons (Fsp3) is 0.512. The molecular formula is C43H51N7O6. The minimum atomic E-state index is -0.972. The lowest BCUT2D eigenvalue weighted by molar-refractivity contribution is -0.136. The minimum Gasteiger partial charge on any atom is -0.494 e. The number of nitrogens with one attached hydrogen (secondary N) is 1. The molecule has 2 aromatic carbocycles. The lowest BCUT2D eigenvalue weighted by Crippen LogP contribution is -2.59. The number of hydrogen-bond acceptors (Lipinski definition) is 10. The maximum atomic E-state index is 13.1. The highest BCUT2D eigenvalue weighted by molar-refractivity contribution is 6.23. The van der Waals surface area contributed by atoms with Crippen molar-refractivity contribution >= 4 is 51.1 Å². The fourth-order valence-electron chi connectivity index (χ4n) is 9.47. The van der Waals surface area contributed by atoms with E-state index in [2.05, 4.69) is 60.9 Å². The van der Waals surface area contributed by atoms with E-state index >= 15 is 0 Å². The molecule has 4 amide bonds. The van der Waals surface area contributed by atoms with Gasteiger partial charge in [-0.3, -0.25) is 39.3 Å². The maximum absolute atomic E-state index is 13.1. The van der Waals surface area contributed by atoms with Crippen LogP contribution in [0, 0.1) is 0 Å². The lowest BCUT2D eigenvalue weighted by Gasteiger charge is -2.48. The summed E-state index contributed by atoms with van der Waals surface area (Å²) in [5.41, 5.74) is 4.30. The Hall–Kier alpha value is -4.85. The Labute approximate surface area is 326 Å². The molecule has 7 heterocycles. The highest BCUT2D eigenvalue weighted by Gasteiger charge is 2.45. The second-order valence-corrected chi connectivity index (χ2v) is 16.2. The fourth-order valence-corrected chi connectivity index (χ4v) is 9.47. The number of fused-ring (bicyclic) bond motifs is 4. The Kier molecular flexibility index (Phi) is 10.2. The number of imide groups is 2. The Morgan fingerprint density at radius 2 is 1.59 bits per heavy atom. The van der Waals surface area contributed by atoms with Gasteiger partial charge in [0, 0.05) is 87.6 Å². The third kappa shape index (κ3) is 7.16. The van der Waals surface area contributed by atoms with Gasteiger partial charge in [-0.2, -0.15) is 0 Å². The van der Waals surface area contributed by atoms with E-state index in [0.29, 0.717) is 30.6 Å². The summed E-state index contributed by atoms with van der Waals surface area (Å²) in [6.45, 7) is 8.04. The van der Waals surface area contributed by atoms with Gasteiger partial charge in [-0.15, -0.1) is 0 Å². The van der Waals surface area contributed by atoms with Crippen LogP contribution < -0.4 is 15.0 Å². The van der Waals surface area contributed by atoms with Gasteiger partial charge in [0.25, 0.3) is 11.8 Å². The van der Waals surface area contributed by atoms with Gasteiger partial charge >= 0.3 is 0 Å². The molecule has 9 rings (SSSR count). The van der Waals surface area contributed by atoms with Gasteiger partial charge < -0.3 is 23.8 Å². The predicted octanol–water partition coefficient (Wildman–Crippen LogP) is 4.51. The molecule has 13 nitrogen and oxygen atoms in total. The zero-order valence-electron chi connectivity index (χ0n) is 32.2. The summed E-state index contributed by atoms with van der Waals surface area (Å²) in [5.74, 6) is -1.51. The van der Waals surface area contributed by atoms with Crippen LogP contribution in [0.15, 0.2) is 54.9 Å². The van der Waals surface area contributed by atoms with Crippen molar-refractivity contribution in [1.82, 2.24) is 29.6 Å². The van der Waals surface area contributed by atoms with Crippen LogP contribution in [-0.4, -0.2) is 125 Å². The first-order valence-corrected chi connectivity index (χ1v) is 20.5. The first kappa shape index (κ1) is 36.8. The number of rotatable bonds is 12. The number of carbonyl (C=O) groups excluding carboxylic acids is 4. The molecule has 1 atom stereocenters. The molecule has 0 spiro atoms. The molecule has 4 aromatic rings. The van der Waals surface area contributed by atoms with Gasteiger partial charge in [-0.1, -0.05) is 6.07 Å². The monoisotopic (exact) mass is 761 g/mol. The number of pyridine rings is 1. The van der Waals surface area contributed by atoms with Gasteiger partial charge in [0.2, 0.25) is 11.8 Å². The number of benzene rings is 2. The Morgan fingerprint density at radius 3 is 2.39 bits per heavy atom. The summed E-state index contributed by atoms with van der Waals surface area (Å²) >= 11 is 0. The molecule has 1 N–H and O–H groups in total. The van der Waals surface area contributed by atoms with Crippen LogP contribution in [0.1, 0.15) is 78.5 Å². The number of aryl methyl sites for hydroxylation is 1. The molecule has 4 saturated heterocycles. The van der Waals surface area contributed by atoms with Crippen LogP contribution in [0.25, 0.3) is 21.8 Å². The maximum Gasteiger partial charge on any atom is 0.262 e. The standard InChI is InChI=1S/C43H51N7O6/c1-46-37-11-16-44-25-36(37)33-7-5-29(23-39(33)46)48-20-12-28(13-21-48)49-26-32(27-49)56-30-14-18-47(19-15-30)17-3-2-4-22-55-31-6-8-34-35(24-31)43(54)50(42(34)53)38-9-10-40(51)45-41(38)52/h5-8,11,16,23-25,28,30,32,38H,2-4,9-10,12-15,17-22,26-27H2,1H3,(H,45,51,52). The molecular weight excluding hydrogens is 711 g/mol. The summed E-state index contributed by atoms with van der Waals surface area (Å²) in [7, 11) is 2.15. The van der Waals surface area contributed by atoms with Crippen molar-refractivity contribution in [3.8, 4) is 5.75 Å². The number of amides is 4. The topological polar surface area (TPSA) is 130 Å². The van der Waals surface area contributed by atoms with E-state index in [1.54, 1.807) is 18.2 Å². The second kappa shape index (κ2) is 15.6. The number of likely N-dealkylation sites (tertiary alicyclic amines) is 2. The van der Waals surface area contributed by atoms with Crippen LogP contribution in [0.4, 0.5) is 5.69 Å². The Bertz CT molecular complexity index is 2150. The third-order valence-corrected chi connectivity index (χ3v) is 12.7. The predicted molar refractivity (Wildman–Crippen MR) is 212 cm³/mol. The second-order valence-electron chi connectivity index (χ2n) is 16.2. The van der Waals surface area contributed by atoms with Crippen LogP contribution in [0.5, 0.6) is 5.75 Å². The van der Waals surface area contributed by atoms with E-state index in [1.807, 2.05) is 12.4 Å². The molecule has 0 bridgehead atoms. The van der Waals surface area contributed by atoms with Crippen molar-refractivity contribution in [1.29, 1.82) is 0 Å². The molecule has 1 unspecified atom stereocenters. The zero-order valence-corrected chi connectivity index (χ0v) is 32.2. The van der Waals surface area contributed by atoms with Crippen molar-refractivity contribution < 1.29 is 28.7 Å². The van der Waals surface area contributed by atoms with Crippen LogP contribution in [-0.2, 0) is 21.4 Å². The molecule has 4 fully saturated rings. The van der Waals surface area contributed by atoms with E-state index in [1.165, 1.54) is 40.3 Å². The molecule has 5 aliphatic heterocycles. The molecule has 294 valence electrons. The molecule has 0 aliphatic carbocycles. The number of unbranched alkanes of at least 4 members (excludes halogenated alkanes) is 2. The van der Waals surface area contributed by atoms with Crippen molar-refractivity contribution in [3.05, 3.63) is 66.0 Å². The lowest BCUT2D eigenvalue weighted by atomic mass is 9.97. The normalized spacial score (nSPS) is 22.0. The van der Waals surface area contributed by atoms with E-state index in [9.17, 15) is 19.2 Å². The zero-order chi connectivity index (χ0) is 38.3. The van der Waals surface area contributed by atoms with Crippen molar-refractivity contribution in [2.24, 2.45) is 7.05 Å². The molecule has 13 heteroatoms. The van der Waals surface area contributed by atoms with Crippen molar-refractivity contribution in [2.45, 2.75) is 82.1 Å². The summed E-state index contributed by atoms with van der Waals surface area (Å²) in [6, 6.07) is 13.5. The van der Waals surface area contributed by atoms with Crippen LogP contribution in [0.2, 0.25) is 0 Å². The summed E-state index contributed by atoms with van der Waals surface area (Å²) in [4.78, 5) is 62.9. The van der Waals surface area contributed by atoms with E-state index in [-0.39, 0.29) is 24.0 Å². The average Bonchev–Trinajstić information content (AvgIpc) is 3.62. The summed E-state index contributed by atoms with van der Waals surface area (Å²) in [5, 5.41) is 4.71. The number of nitrogens with zero attached hydrogens (tertiary/aromatic N) is 6. The molecule has 0 radical (unpaired) electrons.